The molecule has 0 bridgehead atoms. The fourth-order valence-electron chi connectivity index (χ4n) is 4.23. The van der Waals surface area contributed by atoms with Crippen LogP contribution in [0.15, 0.2) is 54.7 Å². The van der Waals surface area contributed by atoms with E-state index in [9.17, 15) is 4.39 Å². The van der Waals surface area contributed by atoms with Gasteiger partial charge in [-0.2, -0.15) is 4.98 Å². The van der Waals surface area contributed by atoms with E-state index in [2.05, 4.69) is 20.2 Å². The molecule has 1 fully saturated rings. The number of benzene rings is 2. The highest BCUT2D eigenvalue weighted by molar-refractivity contribution is 5.77. The van der Waals surface area contributed by atoms with E-state index in [1.54, 1.807) is 31.5 Å². The van der Waals surface area contributed by atoms with Crippen LogP contribution in [0.1, 0.15) is 31.7 Å². The molecule has 8 nitrogen and oxygen atoms in total. The number of hydrogen-bond acceptors (Lipinski definition) is 7. The minimum Gasteiger partial charge on any atom is -0.497 e. The molecule has 2 aromatic carbocycles. The van der Waals surface area contributed by atoms with Gasteiger partial charge in [-0.15, -0.1) is 0 Å². The minimum absolute atomic E-state index is 0.160. The Morgan fingerprint density at radius 3 is 2.48 bits per heavy atom. The maximum absolute atomic E-state index is 14.4. The van der Waals surface area contributed by atoms with Crippen LogP contribution >= 0.6 is 0 Å². The molecule has 0 unspecified atom stereocenters. The number of rotatable bonds is 6. The molecule has 170 valence electrons. The summed E-state index contributed by atoms with van der Waals surface area (Å²) in [5.74, 6) is 1.44. The van der Waals surface area contributed by atoms with E-state index in [-0.39, 0.29) is 17.9 Å². The van der Waals surface area contributed by atoms with Crippen LogP contribution in [0.5, 0.6) is 5.75 Å². The Labute approximate surface area is 191 Å². The lowest BCUT2D eigenvalue weighted by atomic mass is 9.91. The number of imidazole rings is 1. The Bertz CT molecular complexity index is 1250. The number of nitrogens with zero attached hydrogens (tertiary/aromatic N) is 4. The van der Waals surface area contributed by atoms with Crippen LogP contribution in [0.25, 0.3) is 11.2 Å². The van der Waals surface area contributed by atoms with Gasteiger partial charge >= 0.3 is 0 Å². The predicted molar refractivity (Wildman–Crippen MR) is 127 cm³/mol. The van der Waals surface area contributed by atoms with Gasteiger partial charge in [0.2, 0.25) is 11.9 Å². The lowest BCUT2D eigenvalue weighted by molar-refractivity contribution is 0.330. The molecule has 0 saturated heterocycles. The van der Waals surface area contributed by atoms with Gasteiger partial charge in [0.15, 0.2) is 5.65 Å². The second-order valence-corrected chi connectivity index (χ2v) is 8.23. The second kappa shape index (κ2) is 9.03. The summed E-state index contributed by atoms with van der Waals surface area (Å²) in [6, 6.07) is 14.5. The molecule has 9 heteroatoms. The second-order valence-electron chi connectivity index (χ2n) is 8.23. The Kier molecular flexibility index (Phi) is 5.78. The molecule has 0 aliphatic heterocycles. The van der Waals surface area contributed by atoms with Crippen molar-refractivity contribution in [2.75, 3.05) is 17.7 Å². The first-order valence-corrected chi connectivity index (χ1v) is 11.0. The molecule has 2 aromatic heterocycles. The predicted octanol–water partition coefficient (Wildman–Crippen LogP) is 4.90. The summed E-state index contributed by atoms with van der Waals surface area (Å²) in [4.78, 5) is 13.9. The number of methoxy groups -OCH3 is 1. The molecule has 5 rings (SSSR count). The molecule has 33 heavy (non-hydrogen) atoms. The van der Waals surface area contributed by atoms with Crippen molar-refractivity contribution in [3.8, 4) is 5.75 Å². The van der Waals surface area contributed by atoms with Crippen LogP contribution < -0.4 is 21.1 Å². The molecule has 0 radical (unpaired) electrons. The van der Waals surface area contributed by atoms with Crippen LogP contribution in [-0.2, 0) is 0 Å². The molecule has 1 saturated carbocycles. The summed E-state index contributed by atoms with van der Waals surface area (Å²) in [5, 5.41) is 6.40. The zero-order chi connectivity index (χ0) is 22.8. The molecule has 4 N–H and O–H groups in total. The Balaban J connectivity index is 1.53. The first-order valence-electron chi connectivity index (χ1n) is 11.0. The average Bonchev–Trinajstić information content (AvgIpc) is 3.19. The lowest BCUT2D eigenvalue weighted by Gasteiger charge is -2.28. The third-order valence-corrected chi connectivity index (χ3v) is 6.01. The Hall–Kier alpha value is -3.72. The number of ether oxygens (including phenoxy) is 1. The maximum Gasteiger partial charge on any atom is 0.229 e. The van der Waals surface area contributed by atoms with Gasteiger partial charge in [-0.3, -0.25) is 4.57 Å². The summed E-state index contributed by atoms with van der Waals surface area (Å²) >= 11 is 0. The van der Waals surface area contributed by atoms with Crippen molar-refractivity contribution < 1.29 is 9.13 Å². The number of fused-ring (bicyclic) bond motifs is 1. The largest absolute Gasteiger partial charge is 0.497 e. The number of halogens is 1. The van der Waals surface area contributed by atoms with Crippen LogP contribution in [0.3, 0.4) is 0 Å². The van der Waals surface area contributed by atoms with E-state index in [0.717, 1.165) is 37.1 Å². The third-order valence-electron chi connectivity index (χ3n) is 6.01. The van der Waals surface area contributed by atoms with Gasteiger partial charge in [0.25, 0.3) is 0 Å². The summed E-state index contributed by atoms with van der Waals surface area (Å²) < 4.78 is 21.6. The van der Waals surface area contributed by atoms with Crippen molar-refractivity contribution in [3.63, 3.8) is 0 Å². The highest BCUT2D eigenvalue weighted by Crippen LogP contribution is 2.35. The highest BCUT2D eigenvalue weighted by atomic mass is 19.1. The molecule has 4 aromatic rings. The van der Waals surface area contributed by atoms with Gasteiger partial charge in [0, 0.05) is 17.8 Å². The Morgan fingerprint density at radius 1 is 1.00 bits per heavy atom. The van der Waals surface area contributed by atoms with E-state index in [4.69, 9.17) is 20.4 Å². The molecular formula is C24H26FN7O. The smallest absolute Gasteiger partial charge is 0.229 e. The molecule has 0 amide bonds. The topological polar surface area (TPSA) is 103 Å². The van der Waals surface area contributed by atoms with E-state index in [1.807, 2.05) is 24.3 Å². The van der Waals surface area contributed by atoms with Crippen molar-refractivity contribution in [2.24, 2.45) is 5.73 Å². The normalized spacial score (nSPS) is 18.3. The van der Waals surface area contributed by atoms with Crippen LogP contribution in [0.2, 0.25) is 0 Å². The number of aromatic nitrogens is 4. The quantitative estimate of drug-likeness (QED) is 0.386. The number of para-hydroxylation sites is 1. The zero-order valence-electron chi connectivity index (χ0n) is 18.3. The number of nitrogens with one attached hydrogen (secondary N) is 2. The summed E-state index contributed by atoms with van der Waals surface area (Å²) in [6.07, 6.45) is 5.34. The fourth-order valence-corrected chi connectivity index (χ4v) is 4.23. The molecule has 1 aliphatic rings. The van der Waals surface area contributed by atoms with Gasteiger partial charge in [-0.05, 0) is 62.1 Å². The number of hydrogen-bond donors (Lipinski definition) is 3. The van der Waals surface area contributed by atoms with Crippen LogP contribution in [0, 0.1) is 5.82 Å². The monoisotopic (exact) mass is 447 g/mol. The highest BCUT2D eigenvalue weighted by Gasteiger charge is 2.26. The lowest BCUT2D eigenvalue weighted by Crippen LogP contribution is -2.28. The summed E-state index contributed by atoms with van der Waals surface area (Å²) in [6.45, 7) is 0. The molecule has 2 heterocycles. The van der Waals surface area contributed by atoms with E-state index < -0.39 is 0 Å². The SMILES string of the molecule is COc1ccc(Nc2ncc3nc(Nc4ccccc4F)n([C@H]4CC[C@@H](N)CC4)c3n2)cc1. The first-order chi connectivity index (χ1) is 16.1. The third kappa shape index (κ3) is 4.45. The van der Waals surface area contributed by atoms with Crippen LogP contribution in [-0.4, -0.2) is 32.7 Å². The zero-order valence-corrected chi connectivity index (χ0v) is 18.3. The van der Waals surface area contributed by atoms with Gasteiger partial charge in [-0.25, -0.2) is 14.4 Å². The number of anilines is 4. The maximum atomic E-state index is 14.4. The van der Waals surface area contributed by atoms with Gasteiger partial charge < -0.3 is 21.1 Å². The molecule has 1 aliphatic carbocycles. The van der Waals surface area contributed by atoms with E-state index in [1.165, 1.54) is 6.07 Å². The minimum atomic E-state index is -0.338. The van der Waals surface area contributed by atoms with Gasteiger partial charge in [-0.1, -0.05) is 12.1 Å². The summed E-state index contributed by atoms with van der Waals surface area (Å²) in [5.41, 5.74) is 8.69. The van der Waals surface area contributed by atoms with Gasteiger partial charge in [0.05, 0.1) is 19.0 Å². The first kappa shape index (κ1) is 21.1. The van der Waals surface area contributed by atoms with E-state index in [0.29, 0.717) is 28.7 Å². The van der Waals surface area contributed by atoms with Crippen molar-refractivity contribution in [1.82, 2.24) is 19.5 Å². The molecule has 0 spiro atoms. The van der Waals surface area contributed by atoms with E-state index >= 15 is 0 Å². The molecule has 0 atom stereocenters. The van der Waals surface area contributed by atoms with Crippen molar-refractivity contribution in [3.05, 3.63) is 60.5 Å². The van der Waals surface area contributed by atoms with Crippen molar-refractivity contribution >= 4 is 34.4 Å². The summed E-state index contributed by atoms with van der Waals surface area (Å²) in [7, 11) is 1.63. The van der Waals surface area contributed by atoms with Gasteiger partial charge in [0.1, 0.15) is 17.1 Å². The molecular weight excluding hydrogens is 421 g/mol. The standard InChI is InChI=1S/C24H26FN7O/c1-33-18-12-8-16(9-13-18)28-23-27-14-21-22(31-23)32(17-10-6-15(26)7-11-17)24(30-21)29-20-5-3-2-4-19(20)25/h2-5,8-9,12-15,17H,6-7,10-11,26H2,1H3,(H,29,30)(H,27,28,31)/t15-,17+. The van der Waals surface area contributed by atoms with Crippen molar-refractivity contribution in [1.29, 1.82) is 0 Å². The van der Waals surface area contributed by atoms with Crippen LogP contribution in [0.4, 0.5) is 27.7 Å². The van der Waals surface area contributed by atoms with Crippen molar-refractivity contribution in [2.45, 2.75) is 37.8 Å². The number of nitrogens with two attached hydrogens (primary N) is 1. The average molecular weight is 448 g/mol. The fraction of sp³-hybridized carbons (Fsp3) is 0.292. The Morgan fingerprint density at radius 2 is 1.76 bits per heavy atom.